The maximum Gasteiger partial charge on any atom is 0.207 e. The molecule has 0 saturated heterocycles. The third kappa shape index (κ3) is 3.51. The van der Waals surface area contributed by atoms with Gasteiger partial charge in [-0.15, -0.1) is 16.4 Å². The van der Waals surface area contributed by atoms with E-state index in [0.29, 0.717) is 5.88 Å². The normalized spacial score (nSPS) is 18.2. The number of rotatable bonds is 6. The zero-order valence-electron chi connectivity index (χ0n) is 12.9. The van der Waals surface area contributed by atoms with Crippen molar-refractivity contribution in [3.63, 3.8) is 0 Å². The lowest BCUT2D eigenvalue weighted by Crippen LogP contribution is -2.24. The van der Waals surface area contributed by atoms with Gasteiger partial charge in [-0.05, 0) is 37.0 Å². The van der Waals surface area contributed by atoms with Gasteiger partial charge < -0.3 is 10.6 Å². The number of nitrogens with two attached hydrogens (primary N) is 1. The van der Waals surface area contributed by atoms with Gasteiger partial charge in [0.1, 0.15) is 6.04 Å². The second-order valence-electron chi connectivity index (χ2n) is 5.49. The number of benzene rings is 1. The predicted molar refractivity (Wildman–Crippen MR) is 91.3 cm³/mol. The molecule has 0 amide bonds. The molecule has 2 aromatic rings. The van der Waals surface area contributed by atoms with Crippen molar-refractivity contribution >= 4 is 11.3 Å². The Balaban J connectivity index is 1.60. The molecule has 4 heteroatoms. The fourth-order valence-corrected chi connectivity index (χ4v) is 3.72. The summed E-state index contributed by atoms with van der Waals surface area (Å²) in [6.45, 7) is 3.05. The number of hydroxylamine groups is 2. The first-order valence-corrected chi connectivity index (χ1v) is 8.62. The number of aryl methyl sites for hydroxylation is 2. The Morgan fingerprint density at radius 3 is 2.73 bits per heavy atom. The summed E-state index contributed by atoms with van der Waals surface area (Å²) in [7, 11) is 0. The molecule has 22 heavy (non-hydrogen) atoms. The third-order valence-corrected chi connectivity index (χ3v) is 5.16. The summed E-state index contributed by atoms with van der Waals surface area (Å²) in [4.78, 5) is 8.39. The van der Waals surface area contributed by atoms with Crippen LogP contribution in [0.1, 0.15) is 34.7 Å². The Kier molecular flexibility index (Phi) is 4.80. The minimum atomic E-state index is 0.154. The van der Waals surface area contributed by atoms with Gasteiger partial charge in [0.15, 0.2) is 0 Å². The summed E-state index contributed by atoms with van der Waals surface area (Å²) in [6, 6.07) is 15.1. The molecule has 0 radical (unpaired) electrons. The molecule has 1 aliphatic heterocycles. The van der Waals surface area contributed by atoms with E-state index < -0.39 is 0 Å². The van der Waals surface area contributed by atoms with E-state index in [0.717, 1.165) is 25.8 Å². The molecule has 0 bridgehead atoms. The first-order chi connectivity index (χ1) is 10.8. The Morgan fingerprint density at radius 1 is 1.18 bits per heavy atom. The van der Waals surface area contributed by atoms with Crippen LogP contribution in [0, 0.1) is 0 Å². The number of hydrogen-bond donors (Lipinski definition) is 1. The largest absolute Gasteiger partial charge is 0.388 e. The van der Waals surface area contributed by atoms with Gasteiger partial charge in [0.05, 0.1) is 0 Å². The lowest BCUT2D eigenvalue weighted by atomic mass is 10.1. The average Bonchev–Trinajstić information content (AvgIpc) is 3.14. The van der Waals surface area contributed by atoms with E-state index in [-0.39, 0.29) is 6.04 Å². The van der Waals surface area contributed by atoms with E-state index in [1.165, 1.54) is 15.3 Å². The van der Waals surface area contributed by atoms with Crippen molar-refractivity contribution in [3.05, 3.63) is 69.7 Å². The minimum absolute atomic E-state index is 0.154. The van der Waals surface area contributed by atoms with E-state index in [4.69, 9.17) is 10.6 Å². The van der Waals surface area contributed by atoms with Crippen LogP contribution in [0.15, 0.2) is 54.4 Å². The molecule has 1 unspecified atom stereocenters. The summed E-state index contributed by atoms with van der Waals surface area (Å²) >= 11 is 1.84. The lowest BCUT2D eigenvalue weighted by Gasteiger charge is -2.21. The first-order valence-electron chi connectivity index (χ1n) is 7.80. The molecule has 1 aliphatic rings. The highest BCUT2D eigenvalue weighted by molar-refractivity contribution is 7.12. The van der Waals surface area contributed by atoms with Gasteiger partial charge in [-0.25, -0.2) is 0 Å². The van der Waals surface area contributed by atoms with Crippen LogP contribution < -0.4 is 5.73 Å². The van der Waals surface area contributed by atoms with Crippen molar-refractivity contribution in [2.75, 3.05) is 6.54 Å². The van der Waals surface area contributed by atoms with E-state index >= 15 is 0 Å². The SMILES string of the molecule is CCc1ccc(C2C=C(N)ON2CCCc2ccccc2)s1. The summed E-state index contributed by atoms with van der Waals surface area (Å²) in [5, 5.41) is 2.00. The molecule has 1 aromatic heterocycles. The second kappa shape index (κ2) is 6.99. The predicted octanol–water partition coefficient (Wildman–Crippen LogP) is 4.03. The Morgan fingerprint density at radius 2 is 2.00 bits per heavy atom. The van der Waals surface area contributed by atoms with Gasteiger partial charge in [0.25, 0.3) is 0 Å². The van der Waals surface area contributed by atoms with E-state index in [9.17, 15) is 0 Å². The van der Waals surface area contributed by atoms with Gasteiger partial charge in [0.2, 0.25) is 5.88 Å². The van der Waals surface area contributed by atoms with Crippen molar-refractivity contribution in [3.8, 4) is 0 Å². The van der Waals surface area contributed by atoms with Gasteiger partial charge >= 0.3 is 0 Å². The van der Waals surface area contributed by atoms with Gasteiger partial charge in [-0.2, -0.15) is 0 Å². The lowest BCUT2D eigenvalue weighted by molar-refractivity contribution is -0.119. The molecular weight excluding hydrogens is 292 g/mol. The van der Waals surface area contributed by atoms with Crippen LogP contribution >= 0.6 is 11.3 Å². The number of hydrogen-bond acceptors (Lipinski definition) is 4. The fraction of sp³-hybridized carbons (Fsp3) is 0.333. The molecule has 3 nitrogen and oxygen atoms in total. The maximum atomic E-state index is 5.88. The zero-order chi connectivity index (χ0) is 15.4. The Labute approximate surface area is 136 Å². The summed E-state index contributed by atoms with van der Waals surface area (Å²) in [5.74, 6) is 0.510. The Hall–Kier alpha value is -1.78. The van der Waals surface area contributed by atoms with Crippen LogP contribution in [0.4, 0.5) is 0 Å². The third-order valence-electron chi connectivity index (χ3n) is 3.86. The first kappa shape index (κ1) is 15.1. The van der Waals surface area contributed by atoms with E-state index in [1.807, 2.05) is 22.5 Å². The molecule has 116 valence electrons. The maximum absolute atomic E-state index is 5.88. The molecule has 0 spiro atoms. The van der Waals surface area contributed by atoms with Crippen LogP contribution in [0.3, 0.4) is 0 Å². The summed E-state index contributed by atoms with van der Waals surface area (Å²) in [5.41, 5.74) is 7.24. The fourth-order valence-electron chi connectivity index (χ4n) is 2.70. The van der Waals surface area contributed by atoms with Gasteiger partial charge in [0, 0.05) is 22.4 Å². The highest BCUT2D eigenvalue weighted by Crippen LogP contribution is 2.34. The smallest absolute Gasteiger partial charge is 0.207 e. The number of nitrogens with zero attached hydrogens (tertiary/aromatic N) is 1. The van der Waals surface area contributed by atoms with E-state index in [1.54, 1.807) is 0 Å². The minimum Gasteiger partial charge on any atom is -0.388 e. The molecular formula is C18H22N2OS. The van der Waals surface area contributed by atoms with Crippen LogP contribution in [-0.2, 0) is 17.7 Å². The summed E-state index contributed by atoms with van der Waals surface area (Å²) < 4.78 is 0. The van der Waals surface area contributed by atoms with E-state index in [2.05, 4.69) is 49.4 Å². The van der Waals surface area contributed by atoms with Gasteiger partial charge in [-0.3, -0.25) is 0 Å². The quantitative estimate of drug-likeness (QED) is 0.875. The Bertz CT molecular complexity index is 636. The topological polar surface area (TPSA) is 38.5 Å². The number of thiophene rings is 1. The van der Waals surface area contributed by atoms with Crippen molar-refractivity contribution in [2.24, 2.45) is 5.73 Å². The van der Waals surface area contributed by atoms with Crippen molar-refractivity contribution in [1.82, 2.24) is 5.06 Å². The van der Waals surface area contributed by atoms with Crippen LogP contribution in [0.2, 0.25) is 0 Å². The molecule has 1 aromatic carbocycles. The molecule has 0 saturated carbocycles. The van der Waals surface area contributed by atoms with Gasteiger partial charge in [-0.1, -0.05) is 37.3 Å². The average molecular weight is 314 g/mol. The molecule has 0 fully saturated rings. The molecule has 2 N–H and O–H groups in total. The molecule has 0 aliphatic carbocycles. The standard InChI is InChI=1S/C18H22N2OS/c1-2-15-10-11-17(22-15)16-13-18(19)21-20(16)12-6-9-14-7-4-3-5-8-14/h3-5,7-8,10-11,13,16H,2,6,9,12,19H2,1H3. The van der Waals surface area contributed by atoms with Crippen molar-refractivity contribution in [1.29, 1.82) is 0 Å². The summed E-state index contributed by atoms with van der Waals surface area (Å²) in [6.07, 6.45) is 5.19. The van der Waals surface area contributed by atoms with Crippen LogP contribution in [0.5, 0.6) is 0 Å². The zero-order valence-corrected chi connectivity index (χ0v) is 13.7. The molecule has 1 atom stereocenters. The highest BCUT2D eigenvalue weighted by atomic mass is 32.1. The van der Waals surface area contributed by atoms with Crippen LogP contribution in [0.25, 0.3) is 0 Å². The van der Waals surface area contributed by atoms with Crippen molar-refractivity contribution in [2.45, 2.75) is 32.2 Å². The van der Waals surface area contributed by atoms with Crippen molar-refractivity contribution < 1.29 is 4.84 Å². The van der Waals surface area contributed by atoms with Crippen LogP contribution in [-0.4, -0.2) is 11.6 Å². The molecule has 3 rings (SSSR count). The monoisotopic (exact) mass is 314 g/mol. The molecule has 2 heterocycles. The second-order valence-corrected chi connectivity index (χ2v) is 6.69. The highest BCUT2D eigenvalue weighted by Gasteiger charge is 2.28.